The highest BCUT2D eigenvalue weighted by Gasteiger charge is 2.25. The quantitative estimate of drug-likeness (QED) is 0.596. The average Bonchev–Trinajstić information content (AvgIpc) is 2.77. The molecule has 1 aliphatic rings. The molecular formula is C22H29N3O7S. The molecule has 1 saturated heterocycles. The van der Waals surface area contributed by atoms with Crippen molar-refractivity contribution in [2.24, 2.45) is 7.05 Å². The van der Waals surface area contributed by atoms with Gasteiger partial charge in [0, 0.05) is 62.1 Å². The van der Waals surface area contributed by atoms with Crippen LogP contribution in [-0.2, 0) is 17.1 Å². The maximum absolute atomic E-state index is 12.2. The van der Waals surface area contributed by atoms with E-state index in [-0.39, 0.29) is 17.4 Å². The van der Waals surface area contributed by atoms with Crippen LogP contribution in [0.5, 0.6) is 11.5 Å². The topological polar surface area (TPSA) is 127 Å². The number of sulfonamides is 1. The number of nitrogens with one attached hydrogen (secondary N) is 1. The third-order valence-electron chi connectivity index (χ3n) is 5.42. The van der Waals surface area contributed by atoms with Gasteiger partial charge in [-0.2, -0.15) is 0 Å². The molecule has 0 spiro atoms. The van der Waals surface area contributed by atoms with Crippen LogP contribution in [-0.4, -0.2) is 60.6 Å². The van der Waals surface area contributed by atoms with Gasteiger partial charge in [-0.25, -0.2) is 13.2 Å². The molecule has 2 heterocycles. The van der Waals surface area contributed by atoms with Crippen molar-refractivity contribution in [2.45, 2.75) is 32.8 Å². The third-order valence-corrected chi connectivity index (χ3v) is 6.73. The molecule has 1 amide bonds. The Balaban J connectivity index is 2.03. The van der Waals surface area contributed by atoms with Gasteiger partial charge in [-0.05, 0) is 32.0 Å². The zero-order valence-electron chi connectivity index (χ0n) is 18.9. The van der Waals surface area contributed by atoms with E-state index in [0.29, 0.717) is 60.9 Å². The monoisotopic (exact) mass is 479 g/mol. The largest absolute Gasteiger partial charge is 0.493 e. The molecule has 10 nitrogen and oxygen atoms in total. The van der Waals surface area contributed by atoms with E-state index >= 15 is 0 Å². The Kier molecular flexibility index (Phi) is 7.52. The zero-order valence-corrected chi connectivity index (χ0v) is 19.7. The molecule has 1 aromatic carbocycles. The van der Waals surface area contributed by atoms with Gasteiger partial charge in [-0.15, -0.1) is 0 Å². The normalized spacial score (nSPS) is 14.7. The first-order valence-corrected chi connectivity index (χ1v) is 12.4. The van der Waals surface area contributed by atoms with Crippen LogP contribution < -0.4 is 19.8 Å². The summed E-state index contributed by atoms with van der Waals surface area (Å²) in [7, 11) is -1.88. The lowest BCUT2D eigenvalue weighted by Crippen LogP contribution is -2.41. The molecule has 180 valence electrons. The number of aryl methyl sites for hydroxylation is 1. The Morgan fingerprint density at radius 2 is 1.85 bits per heavy atom. The van der Waals surface area contributed by atoms with E-state index in [1.165, 1.54) is 15.5 Å². The number of hydrogen-bond donors (Lipinski definition) is 2. The van der Waals surface area contributed by atoms with Crippen molar-refractivity contribution in [3.05, 3.63) is 40.8 Å². The fraction of sp³-hybridized carbons (Fsp3) is 0.455. The van der Waals surface area contributed by atoms with Gasteiger partial charge >= 0.3 is 6.09 Å². The summed E-state index contributed by atoms with van der Waals surface area (Å²) in [5, 5.41) is 9.17. The number of nitrogens with zero attached hydrogens (tertiary/aromatic N) is 2. The molecule has 1 aliphatic heterocycles. The van der Waals surface area contributed by atoms with Crippen molar-refractivity contribution in [3.8, 4) is 22.6 Å². The van der Waals surface area contributed by atoms with Crippen LogP contribution in [0.3, 0.4) is 0 Å². The molecule has 0 bridgehead atoms. The Bertz CT molecular complexity index is 1170. The average molecular weight is 480 g/mol. The fourth-order valence-electron chi connectivity index (χ4n) is 3.59. The van der Waals surface area contributed by atoms with Gasteiger partial charge in [-0.3, -0.25) is 9.52 Å². The smallest absolute Gasteiger partial charge is 0.407 e. The van der Waals surface area contributed by atoms with Gasteiger partial charge in [0.1, 0.15) is 17.6 Å². The number of aromatic nitrogens is 1. The standard InChI is InChI=1S/C22H29N3O7S/c1-4-31-20-13-21(26)24(3)14-18(20)17-12-15(23-33(29,30)5-2)6-7-19(17)32-16-8-10-25(11-9-16)22(27)28/h6-7,12-14,16,23H,4-5,8-11H2,1-3H3,(H,27,28). The number of amides is 1. The van der Waals surface area contributed by atoms with Crippen LogP contribution >= 0.6 is 0 Å². The van der Waals surface area contributed by atoms with Gasteiger partial charge in [-0.1, -0.05) is 0 Å². The summed E-state index contributed by atoms with van der Waals surface area (Å²) in [6.45, 7) is 4.43. The molecule has 0 atom stereocenters. The van der Waals surface area contributed by atoms with Crippen molar-refractivity contribution < 1.29 is 27.8 Å². The molecule has 0 unspecified atom stereocenters. The lowest BCUT2D eigenvalue weighted by atomic mass is 10.0. The highest BCUT2D eigenvalue weighted by Crippen LogP contribution is 2.39. The highest BCUT2D eigenvalue weighted by atomic mass is 32.2. The molecule has 1 fully saturated rings. The number of benzene rings is 1. The van der Waals surface area contributed by atoms with Crippen molar-refractivity contribution in [1.82, 2.24) is 9.47 Å². The number of likely N-dealkylation sites (tertiary alicyclic amines) is 1. The fourth-order valence-corrected chi connectivity index (χ4v) is 4.22. The lowest BCUT2D eigenvalue weighted by molar-refractivity contribution is 0.0897. The molecule has 0 aliphatic carbocycles. The van der Waals surface area contributed by atoms with Crippen LogP contribution in [0.1, 0.15) is 26.7 Å². The van der Waals surface area contributed by atoms with Gasteiger partial charge in [0.05, 0.1) is 12.4 Å². The summed E-state index contributed by atoms with van der Waals surface area (Å²) >= 11 is 0. The zero-order chi connectivity index (χ0) is 24.2. The predicted octanol–water partition coefficient (Wildman–Crippen LogP) is 2.73. The van der Waals surface area contributed by atoms with E-state index < -0.39 is 16.1 Å². The Morgan fingerprint density at radius 3 is 2.45 bits per heavy atom. The summed E-state index contributed by atoms with van der Waals surface area (Å²) in [5.41, 5.74) is 1.25. The molecule has 3 rings (SSSR count). The summed E-state index contributed by atoms with van der Waals surface area (Å²) in [5.74, 6) is 0.775. The van der Waals surface area contributed by atoms with E-state index in [4.69, 9.17) is 14.6 Å². The minimum absolute atomic E-state index is 0.0766. The minimum atomic E-state index is -3.50. The molecule has 33 heavy (non-hydrogen) atoms. The van der Waals surface area contributed by atoms with Gasteiger partial charge in [0.15, 0.2) is 0 Å². The number of carbonyl (C=O) groups is 1. The number of hydrogen-bond acceptors (Lipinski definition) is 6. The maximum Gasteiger partial charge on any atom is 0.407 e. The van der Waals surface area contributed by atoms with Crippen molar-refractivity contribution in [2.75, 3.05) is 30.2 Å². The number of rotatable bonds is 8. The van der Waals surface area contributed by atoms with E-state index in [1.807, 2.05) is 0 Å². The van der Waals surface area contributed by atoms with Crippen LogP contribution in [0.2, 0.25) is 0 Å². The second-order valence-corrected chi connectivity index (χ2v) is 9.75. The SMILES string of the molecule is CCOc1cc(=O)n(C)cc1-c1cc(NS(=O)(=O)CC)ccc1OC1CCN(C(=O)O)CC1. The number of pyridine rings is 1. The van der Waals surface area contributed by atoms with Gasteiger partial charge in [0.25, 0.3) is 5.56 Å². The third kappa shape index (κ3) is 5.98. The number of anilines is 1. The number of carboxylic acid groups (broad SMARTS) is 1. The molecule has 0 radical (unpaired) electrons. The van der Waals surface area contributed by atoms with E-state index in [1.54, 1.807) is 45.3 Å². The molecule has 0 saturated carbocycles. The summed E-state index contributed by atoms with van der Waals surface area (Å²) in [4.78, 5) is 24.7. The van der Waals surface area contributed by atoms with Crippen molar-refractivity contribution in [1.29, 1.82) is 0 Å². The van der Waals surface area contributed by atoms with Crippen molar-refractivity contribution in [3.63, 3.8) is 0 Å². The first-order valence-electron chi connectivity index (χ1n) is 10.8. The minimum Gasteiger partial charge on any atom is -0.493 e. The molecule has 11 heteroatoms. The lowest BCUT2D eigenvalue weighted by Gasteiger charge is -2.31. The number of ether oxygens (including phenoxy) is 2. The Morgan fingerprint density at radius 1 is 1.15 bits per heavy atom. The molecule has 2 N–H and O–H groups in total. The van der Waals surface area contributed by atoms with Gasteiger partial charge in [0.2, 0.25) is 10.0 Å². The highest BCUT2D eigenvalue weighted by molar-refractivity contribution is 7.92. The van der Waals surface area contributed by atoms with Crippen LogP contribution in [0, 0.1) is 0 Å². The Labute approximate surface area is 192 Å². The summed E-state index contributed by atoms with van der Waals surface area (Å²) in [6.07, 6.45) is 1.53. The Hall–Kier alpha value is -3.21. The van der Waals surface area contributed by atoms with Crippen LogP contribution in [0.25, 0.3) is 11.1 Å². The van der Waals surface area contributed by atoms with Crippen LogP contribution in [0.4, 0.5) is 10.5 Å². The van der Waals surface area contributed by atoms with E-state index in [2.05, 4.69) is 4.72 Å². The first kappa shape index (κ1) is 24.4. The molecule has 1 aromatic heterocycles. The number of piperidine rings is 1. The second kappa shape index (κ2) is 10.2. The molecular weight excluding hydrogens is 450 g/mol. The molecule has 2 aromatic rings. The van der Waals surface area contributed by atoms with Crippen molar-refractivity contribution >= 4 is 21.8 Å². The summed E-state index contributed by atoms with van der Waals surface area (Å²) in [6, 6.07) is 6.32. The predicted molar refractivity (Wildman–Crippen MR) is 125 cm³/mol. The van der Waals surface area contributed by atoms with Crippen LogP contribution in [0.15, 0.2) is 35.3 Å². The van der Waals surface area contributed by atoms with E-state index in [9.17, 15) is 18.0 Å². The van der Waals surface area contributed by atoms with Gasteiger partial charge < -0.3 is 24.0 Å². The van der Waals surface area contributed by atoms with E-state index in [0.717, 1.165) is 0 Å². The summed E-state index contributed by atoms with van der Waals surface area (Å²) < 4.78 is 40.1. The maximum atomic E-state index is 12.2. The first-order chi connectivity index (χ1) is 15.6. The second-order valence-electron chi connectivity index (χ2n) is 7.74.